The molecule has 0 aliphatic carbocycles. The number of aromatic nitrogens is 5. The van der Waals surface area contributed by atoms with Gasteiger partial charge >= 0.3 is 12.1 Å². The number of amides is 4. The third-order valence-electron chi connectivity index (χ3n) is 7.05. The van der Waals surface area contributed by atoms with Gasteiger partial charge in [0.15, 0.2) is 22.8 Å². The molecule has 4 aromatic rings. The molecule has 0 bridgehead atoms. The lowest BCUT2D eigenvalue weighted by molar-refractivity contribution is 0.0564. The van der Waals surface area contributed by atoms with Crippen molar-refractivity contribution in [1.82, 2.24) is 29.9 Å². The number of anilines is 4. The number of carbonyl (C=O) groups is 2. The van der Waals surface area contributed by atoms with Crippen LogP contribution < -0.4 is 20.9 Å². The number of hydrogen-bond acceptors (Lipinski definition) is 9. The molecule has 6 rings (SSSR count). The normalized spacial score (nSPS) is 15.5. The topological polar surface area (TPSA) is 152 Å². The summed E-state index contributed by atoms with van der Waals surface area (Å²) in [6.45, 7) is 7.52. The summed E-state index contributed by atoms with van der Waals surface area (Å²) in [5.74, 6) is 1.30. The van der Waals surface area contributed by atoms with Crippen molar-refractivity contribution in [3.05, 3.63) is 48.5 Å². The molecule has 0 unspecified atom stereocenters. The predicted octanol–water partition coefficient (Wildman–Crippen LogP) is 3.25. The molecule has 218 valence electrons. The molecule has 4 amide bonds. The van der Waals surface area contributed by atoms with Gasteiger partial charge in [-0.2, -0.15) is 0 Å². The Hall–Kier alpha value is -4.82. The van der Waals surface area contributed by atoms with Crippen LogP contribution in [0.3, 0.4) is 0 Å². The number of nitrogens with one attached hydrogen (secondary N) is 3. The Morgan fingerprint density at radius 3 is 1.98 bits per heavy atom. The van der Waals surface area contributed by atoms with Crippen LogP contribution in [0.5, 0.6) is 0 Å². The van der Waals surface area contributed by atoms with Gasteiger partial charge in [-0.05, 0) is 55.5 Å². The van der Waals surface area contributed by atoms with Crippen LogP contribution in [0.2, 0.25) is 0 Å². The molecule has 42 heavy (non-hydrogen) atoms. The van der Waals surface area contributed by atoms with E-state index in [1.807, 2.05) is 19.1 Å². The molecule has 2 fully saturated rings. The second-order valence-corrected chi connectivity index (χ2v) is 9.81. The molecule has 0 spiro atoms. The van der Waals surface area contributed by atoms with Gasteiger partial charge in [-0.3, -0.25) is 0 Å². The lowest BCUT2D eigenvalue weighted by atomic mass is 10.2. The van der Waals surface area contributed by atoms with E-state index in [1.165, 1.54) is 0 Å². The fourth-order valence-corrected chi connectivity index (χ4v) is 4.78. The van der Waals surface area contributed by atoms with Crippen LogP contribution in [0.25, 0.3) is 22.6 Å². The number of ether oxygens (including phenoxy) is 2. The van der Waals surface area contributed by atoms with Crippen LogP contribution in [0.4, 0.5) is 32.5 Å². The fourth-order valence-electron chi connectivity index (χ4n) is 4.78. The molecule has 3 N–H and O–H groups in total. The first-order valence-electron chi connectivity index (χ1n) is 13.9. The Bertz CT molecular complexity index is 1550. The monoisotopic (exact) mass is 572 g/mol. The molecular formula is C28H32N10O4. The van der Waals surface area contributed by atoms with Gasteiger partial charge < -0.3 is 35.2 Å². The largest absolute Gasteiger partial charge is 0.378 e. The highest BCUT2D eigenvalue weighted by atomic mass is 16.5. The molecule has 2 aromatic carbocycles. The molecule has 0 radical (unpaired) electrons. The summed E-state index contributed by atoms with van der Waals surface area (Å²) in [4.78, 5) is 38.5. The zero-order valence-corrected chi connectivity index (χ0v) is 23.2. The number of fused-ring (bicyclic) bond motifs is 1. The quantitative estimate of drug-likeness (QED) is 0.316. The standard InChI is InChI=1S/C28H32N10O4/c1-2-38-26-23(34-35-38)25(36-11-15-41-16-12-36)32-24(33-26)19-3-5-20(6-4-19)29-27(39)30-21-7-9-22(10-8-21)31-28(40)37-13-17-42-18-14-37/h3-10H,2,11-18H2,1H3,(H,31,40)(H2,29,30,39). The minimum Gasteiger partial charge on any atom is -0.378 e. The summed E-state index contributed by atoms with van der Waals surface area (Å²) < 4.78 is 12.6. The van der Waals surface area contributed by atoms with Gasteiger partial charge in [-0.15, -0.1) is 5.10 Å². The smallest absolute Gasteiger partial charge is 0.323 e. The van der Waals surface area contributed by atoms with Crippen LogP contribution in [0, 0.1) is 0 Å². The van der Waals surface area contributed by atoms with Gasteiger partial charge in [0, 0.05) is 55.3 Å². The summed E-state index contributed by atoms with van der Waals surface area (Å²) in [6.07, 6.45) is 0. The number of urea groups is 2. The summed E-state index contributed by atoms with van der Waals surface area (Å²) in [6, 6.07) is 13.7. The summed E-state index contributed by atoms with van der Waals surface area (Å²) in [5, 5.41) is 17.1. The van der Waals surface area contributed by atoms with Crippen LogP contribution in [-0.4, -0.2) is 94.5 Å². The third kappa shape index (κ3) is 6.09. The molecule has 0 atom stereocenters. The van der Waals surface area contributed by atoms with Crippen molar-refractivity contribution in [3.63, 3.8) is 0 Å². The Labute approximate surface area is 242 Å². The second-order valence-electron chi connectivity index (χ2n) is 9.81. The van der Waals surface area contributed by atoms with Crippen LogP contribution in [0.1, 0.15) is 6.92 Å². The molecule has 2 saturated heterocycles. The van der Waals surface area contributed by atoms with E-state index < -0.39 is 6.03 Å². The van der Waals surface area contributed by atoms with Gasteiger partial charge in [0.05, 0.1) is 26.4 Å². The Balaban J connectivity index is 1.10. The van der Waals surface area contributed by atoms with Crippen molar-refractivity contribution in [3.8, 4) is 11.4 Å². The number of rotatable bonds is 6. The summed E-state index contributed by atoms with van der Waals surface area (Å²) >= 11 is 0. The van der Waals surface area contributed by atoms with E-state index in [4.69, 9.17) is 19.4 Å². The van der Waals surface area contributed by atoms with Gasteiger partial charge in [-0.1, -0.05) is 5.21 Å². The second kappa shape index (κ2) is 12.4. The molecule has 14 nitrogen and oxygen atoms in total. The molecule has 4 heterocycles. The molecule has 2 aliphatic rings. The minimum absolute atomic E-state index is 0.171. The molecule has 0 saturated carbocycles. The van der Waals surface area contributed by atoms with Crippen LogP contribution in [-0.2, 0) is 16.0 Å². The van der Waals surface area contributed by atoms with Crippen molar-refractivity contribution in [1.29, 1.82) is 0 Å². The Morgan fingerprint density at radius 2 is 1.36 bits per heavy atom. The maximum absolute atomic E-state index is 12.6. The Kier molecular flexibility index (Phi) is 8.05. The Morgan fingerprint density at radius 1 is 0.786 bits per heavy atom. The van der Waals surface area contributed by atoms with Crippen LogP contribution >= 0.6 is 0 Å². The maximum Gasteiger partial charge on any atom is 0.323 e. The van der Waals surface area contributed by atoms with E-state index in [2.05, 4.69) is 31.2 Å². The minimum atomic E-state index is -0.391. The summed E-state index contributed by atoms with van der Waals surface area (Å²) in [5.41, 5.74) is 3.99. The fraction of sp³-hybridized carbons (Fsp3) is 0.357. The highest BCUT2D eigenvalue weighted by molar-refractivity contribution is 6.00. The molecular weight excluding hydrogens is 540 g/mol. The predicted molar refractivity (Wildman–Crippen MR) is 158 cm³/mol. The van der Waals surface area contributed by atoms with Crippen molar-refractivity contribution in [2.75, 3.05) is 73.5 Å². The number of morpholine rings is 2. The van der Waals surface area contributed by atoms with Gasteiger partial charge in [0.25, 0.3) is 0 Å². The number of aryl methyl sites for hydroxylation is 1. The lowest BCUT2D eigenvalue weighted by Gasteiger charge is -2.27. The molecule has 2 aromatic heterocycles. The summed E-state index contributed by atoms with van der Waals surface area (Å²) in [7, 11) is 0. The first-order chi connectivity index (χ1) is 20.6. The average Bonchev–Trinajstić information content (AvgIpc) is 3.46. The van der Waals surface area contributed by atoms with Crippen molar-refractivity contribution < 1.29 is 19.1 Å². The van der Waals surface area contributed by atoms with Crippen molar-refractivity contribution in [2.45, 2.75) is 13.5 Å². The van der Waals surface area contributed by atoms with E-state index in [9.17, 15) is 9.59 Å². The molecule has 14 heteroatoms. The maximum atomic E-state index is 12.6. The first-order valence-corrected chi connectivity index (χ1v) is 13.9. The van der Waals surface area contributed by atoms with Gasteiger partial charge in [0.1, 0.15) is 0 Å². The average molecular weight is 573 g/mol. The van der Waals surface area contributed by atoms with Crippen molar-refractivity contribution >= 4 is 46.1 Å². The number of hydrogen-bond donors (Lipinski definition) is 3. The van der Waals surface area contributed by atoms with Gasteiger partial charge in [0.2, 0.25) is 0 Å². The van der Waals surface area contributed by atoms with E-state index in [-0.39, 0.29) is 6.03 Å². The number of carbonyl (C=O) groups excluding carboxylic acids is 2. The van der Waals surface area contributed by atoms with Gasteiger partial charge in [-0.25, -0.2) is 24.2 Å². The SMILES string of the molecule is CCn1nnc2c(N3CCOCC3)nc(-c3ccc(NC(=O)Nc4ccc(NC(=O)N5CCOCC5)cc4)cc3)nc21. The number of benzene rings is 2. The van der Waals surface area contributed by atoms with E-state index >= 15 is 0 Å². The zero-order chi connectivity index (χ0) is 28.9. The highest BCUT2D eigenvalue weighted by Crippen LogP contribution is 2.27. The zero-order valence-electron chi connectivity index (χ0n) is 23.2. The number of nitrogens with zero attached hydrogens (tertiary/aromatic N) is 7. The van der Waals surface area contributed by atoms with E-state index in [0.29, 0.717) is 93.2 Å². The first kappa shape index (κ1) is 27.4. The van der Waals surface area contributed by atoms with E-state index in [1.54, 1.807) is 46.0 Å². The van der Waals surface area contributed by atoms with Crippen molar-refractivity contribution in [2.24, 2.45) is 0 Å². The highest BCUT2D eigenvalue weighted by Gasteiger charge is 2.22. The lowest BCUT2D eigenvalue weighted by Crippen LogP contribution is -2.43. The third-order valence-corrected chi connectivity index (χ3v) is 7.05. The molecule has 2 aliphatic heterocycles. The van der Waals surface area contributed by atoms with E-state index in [0.717, 1.165) is 11.4 Å². The van der Waals surface area contributed by atoms with Crippen LogP contribution in [0.15, 0.2) is 48.5 Å².